The Morgan fingerprint density at radius 3 is 2.71 bits per heavy atom. The Hall–Kier alpha value is -2.38. The summed E-state index contributed by atoms with van der Waals surface area (Å²) >= 11 is 0. The number of nitrogens with zero attached hydrogens (tertiary/aromatic N) is 2. The number of imidazole rings is 1. The molecule has 126 valence electrons. The van der Waals surface area contributed by atoms with E-state index in [4.69, 9.17) is 4.74 Å². The number of aromatic nitrogens is 2. The number of ether oxygens (including phenoxy) is 1. The average Bonchev–Trinajstić information content (AvgIpc) is 3.11. The van der Waals surface area contributed by atoms with Crippen LogP contribution in [-0.4, -0.2) is 31.6 Å². The minimum absolute atomic E-state index is 0.266. The number of benzene rings is 2. The number of rotatable bonds is 7. The third-order valence-electron chi connectivity index (χ3n) is 3.77. The van der Waals surface area contributed by atoms with E-state index < -0.39 is 10.0 Å². The Morgan fingerprint density at radius 1 is 1.17 bits per heavy atom. The van der Waals surface area contributed by atoms with Crippen LogP contribution >= 0.6 is 0 Å². The summed E-state index contributed by atoms with van der Waals surface area (Å²) in [6.07, 6.45) is 5.97. The largest absolute Gasteiger partial charge is 0.497 e. The van der Waals surface area contributed by atoms with E-state index in [1.54, 1.807) is 37.8 Å². The van der Waals surface area contributed by atoms with Crippen LogP contribution in [0.1, 0.15) is 6.42 Å². The second-order valence-corrected chi connectivity index (χ2v) is 7.19. The smallest absolute Gasteiger partial charge is 0.240 e. The van der Waals surface area contributed by atoms with E-state index in [2.05, 4.69) is 9.71 Å². The number of aryl methyl sites for hydroxylation is 1. The van der Waals surface area contributed by atoms with E-state index in [-0.39, 0.29) is 4.90 Å². The van der Waals surface area contributed by atoms with Crippen LogP contribution in [0, 0.1) is 0 Å². The molecule has 0 unspecified atom stereocenters. The Morgan fingerprint density at radius 2 is 1.96 bits per heavy atom. The lowest BCUT2D eigenvalue weighted by atomic mass is 10.1. The van der Waals surface area contributed by atoms with Crippen LogP contribution in [0.5, 0.6) is 5.75 Å². The summed E-state index contributed by atoms with van der Waals surface area (Å²) < 4.78 is 34.5. The molecule has 3 aromatic rings. The lowest BCUT2D eigenvalue weighted by Gasteiger charge is -2.09. The van der Waals surface area contributed by atoms with Crippen LogP contribution in [-0.2, 0) is 16.6 Å². The van der Waals surface area contributed by atoms with Gasteiger partial charge in [0.05, 0.1) is 18.3 Å². The van der Waals surface area contributed by atoms with E-state index in [0.717, 1.165) is 23.1 Å². The van der Waals surface area contributed by atoms with Gasteiger partial charge in [0.2, 0.25) is 10.0 Å². The van der Waals surface area contributed by atoms with Gasteiger partial charge in [-0.1, -0.05) is 12.1 Å². The Bertz CT molecular complexity index is 921. The summed E-state index contributed by atoms with van der Waals surface area (Å²) in [6.45, 7) is 1.10. The fourth-order valence-electron chi connectivity index (χ4n) is 2.47. The van der Waals surface area contributed by atoms with Gasteiger partial charge in [0, 0.05) is 25.5 Å². The number of hydrogen-bond acceptors (Lipinski definition) is 4. The molecule has 3 rings (SSSR count). The van der Waals surface area contributed by atoms with Crippen molar-refractivity contribution in [2.45, 2.75) is 17.9 Å². The molecule has 0 spiro atoms. The maximum Gasteiger partial charge on any atom is 0.240 e. The molecule has 0 saturated carbocycles. The first-order valence-electron chi connectivity index (χ1n) is 7.62. The third-order valence-corrected chi connectivity index (χ3v) is 5.23. The lowest BCUT2D eigenvalue weighted by Crippen LogP contribution is -2.25. The second kappa shape index (κ2) is 7.02. The van der Waals surface area contributed by atoms with Crippen molar-refractivity contribution in [1.82, 2.24) is 14.3 Å². The van der Waals surface area contributed by atoms with Crippen molar-refractivity contribution >= 4 is 20.8 Å². The molecule has 0 aliphatic carbocycles. The summed E-state index contributed by atoms with van der Waals surface area (Å²) in [5.41, 5.74) is 0. The Balaban J connectivity index is 1.68. The molecule has 0 fully saturated rings. The fraction of sp³-hybridized carbons (Fsp3) is 0.235. The molecular formula is C17H19N3O3S. The maximum absolute atomic E-state index is 12.4. The van der Waals surface area contributed by atoms with Crippen molar-refractivity contribution < 1.29 is 13.2 Å². The van der Waals surface area contributed by atoms with E-state index in [1.165, 1.54) is 0 Å². The van der Waals surface area contributed by atoms with Crippen molar-refractivity contribution in [1.29, 1.82) is 0 Å². The zero-order valence-electron chi connectivity index (χ0n) is 13.3. The molecule has 6 nitrogen and oxygen atoms in total. The van der Waals surface area contributed by atoms with Gasteiger partial charge >= 0.3 is 0 Å². The molecule has 0 saturated heterocycles. The van der Waals surface area contributed by atoms with Crippen molar-refractivity contribution in [2.75, 3.05) is 13.7 Å². The summed E-state index contributed by atoms with van der Waals surface area (Å²) in [5, 5.41) is 1.80. The summed E-state index contributed by atoms with van der Waals surface area (Å²) in [5.74, 6) is 0.746. The zero-order chi connectivity index (χ0) is 17.0. The second-order valence-electron chi connectivity index (χ2n) is 5.43. The lowest BCUT2D eigenvalue weighted by molar-refractivity contribution is 0.415. The van der Waals surface area contributed by atoms with Crippen LogP contribution < -0.4 is 9.46 Å². The molecule has 0 amide bonds. The minimum atomic E-state index is -3.51. The highest BCUT2D eigenvalue weighted by Crippen LogP contribution is 2.23. The molecule has 0 aliphatic rings. The van der Waals surface area contributed by atoms with Gasteiger partial charge in [-0.05, 0) is 41.5 Å². The fourth-order valence-corrected chi connectivity index (χ4v) is 3.58. The van der Waals surface area contributed by atoms with E-state index in [9.17, 15) is 8.42 Å². The van der Waals surface area contributed by atoms with E-state index in [0.29, 0.717) is 13.0 Å². The van der Waals surface area contributed by atoms with E-state index >= 15 is 0 Å². The highest BCUT2D eigenvalue weighted by molar-refractivity contribution is 7.89. The Labute approximate surface area is 141 Å². The molecule has 0 radical (unpaired) electrons. The number of hydrogen-bond donors (Lipinski definition) is 1. The first kappa shape index (κ1) is 16.5. The molecule has 24 heavy (non-hydrogen) atoms. The molecule has 0 aliphatic heterocycles. The first-order valence-corrected chi connectivity index (χ1v) is 9.10. The minimum Gasteiger partial charge on any atom is -0.497 e. The third kappa shape index (κ3) is 3.74. The van der Waals surface area contributed by atoms with E-state index in [1.807, 2.05) is 29.0 Å². The van der Waals surface area contributed by atoms with Gasteiger partial charge in [-0.15, -0.1) is 0 Å². The Kier molecular flexibility index (Phi) is 4.82. The highest BCUT2D eigenvalue weighted by atomic mass is 32.2. The van der Waals surface area contributed by atoms with Crippen LogP contribution in [0.25, 0.3) is 10.8 Å². The average molecular weight is 345 g/mol. The van der Waals surface area contributed by atoms with Gasteiger partial charge in [-0.3, -0.25) is 0 Å². The predicted molar refractivity (Wildman–Crippen MR) is 92.5 cm³/mol. The normalized spacial score (nSPS) is 11.7. The van der Waals surface area contributed by atoms with Crippen molar-refractivity contribution in [3.8, 4) is 5.75 Å². The van der Waals surface area contributed by atoms with Gasteiger partial charge in [-0.25, -0.2) is 18.1 Å². The van der Waals surface area contributed by atoms with Gasteiger partial charge in [-0.2, -0.15) is 0 Å². The number of nitrogens with one attached hydrogen (secondary N) is 1. The summed E-state index contributed by atoms with van der Waals surface area (Å²) in [7, 11) is -1.91. The number of sulfonamides is 1. The van der Waals surface area contributed by atoms with Crippen LogP contribution in [0.4, 0.5) is 0 Å². The van der Waals surface area contributed by atoms with Crippen molar-refractivity contribution in [3.63, 3.8) is 0 Å². The van der Waals surface area contributed by atoms with Crippen molar-refractivity contribution in [2.24, 2.45) is 0 Å². The van der Waals surface area contributed by atoms with Crippen molar-refractivity contribution in [3.05, 3.63) is 55.1 Å². The van der Waals surface area contributed by atoms with Crippen LogP contribution in [0.15, 0.2) is 60.0 Å². The topological polar surface area (TPSA) is 73.2 Å². The molecule has 0 bridgehead atoms. The molecule has 1 heterocycles. The van der Waals surface area contributed by atoms with Gasteiger partial charge in [0.1, 0.15) is 5.75 Å². The zero-order valence-corrected chi connectivity index (χ0v) is 14.2. The molecular weight excluding hydrogens is 326 g/mol. The van der Waals surface area contributed by atoms with Crippen LogP contribution in [0.2, 0.25) is 0 Å². The van der Waals surface area contributed by atoms with Gasteiger partial charge < -0.3 is 9.30 Å². The standard InChI is InChI=1S/C17H19N3O3S/c1-23-16-5-3-15-12-17(6-4-14(15)11-16)24(21,22)19-7-2-9-20-10-8-18-13-20/h3-6,8,10-13,19H,2,7,9H2,1H3. The monoisotopic (exact) mass is 345 g/mol. The molecule has 1 N–H and O–H groups in total. The number of methoxy groups -OCH3 is 1. The SMILES string of the molecule is COc1ccc2cc(S(=O)(=O)NCCCn3ccnc3)ccc2c1. The molecule has 2 aromatic carbocycles. The number of fused-ring (bicyclic) bond motifs is 1. The molecule has 0 atom stereocenters. The molecule has 7 heteroatoms. The van der Waals surface area contributed by atoms with Gasteiger partial charge in [0.15, 0.2) is 0 Å². The summed E-state index contributed by atoms with van der Waals surface area (Å²) in [4.78, 5) is 4.22. The predicted octanol–water partition coefficient (Wildman–Crippen LogP) is 2.41. The van der Waals surface area contributed by atoms with Gasteiger partial charge in [0.25, 0.3) is 0 Å². The highest BCUT2D eigenvalue weighted by Gasteiger charge is 2.13. The van der Waals surface area contributed by atoms with Crippen LogP contribution in [0.3, 0.4) is 0 Å². The molecule has 1 aromatic heterocycles. The first-order chi connectivity index (χ1) is 11.6. The summed E-state index contributed by atoms with van der Waals surface area (Å²) in [6, 6.07) is 10.6. The maximum atomic E-state index is 12.4. The quantitative estimate of drug-likeness (QED) is 0.668.